The van der Waals surface area contributed by atoms with E-state index in [1.54, 1.807) is 20.8 Å². The number of nitrogens with one attached hydrogen (secondary N) is 2. The summed E-state index contributed by atoms with van der Waals surface area (Å²) in [5, 5.41) is 5.92. The number of pyridine rings is 1. The Balaban J connectivity index is 1.43. The van der Waals surface area contributed by atoms with Crippen LogP contribution in [0, 0.1) is 0 Å². The highest BCUT2D eigenvalue weighted by atomic mass is 16.6. The smallest absolute Gasteiger partial charge is 0.408 e. The van der Waals surface area contributed by atoms with E-state index >= 15 is 0 Å². The summed E-state index contributed by atoms with van der Waals surface area (Å²) in [6.07, 6.45) is 5.21. The Hall–Kier alpha value is -4.25. The number of aromatic nitrogens is 3. The van der Waals surface area contributed by atoms with Crippen molar-refractivity contribution in [1.82, 2.24) is 20.3 Å². The van der Waals surface area contributed by atoms with Crippen LogP contribution < -0.4 is 21.3 Å². The second-order valence-corrected chi connectivity index (χ2v) is 11.6. The van der Waals surface area contributed by atoms with Crippen molar-refractivity contribution in [3.05, 3.63) is 77.4 Å². The number of carbonyl (C=O) groups excluding carboxylic acids is 2. The first-order chi connectivity index (χ1) is 20.7. The van der Waals surface area contributed by atoms with E-state index in [9.17, 15) is 9.59 Å². The van der Waals surface area contributed by atoms with Gasteiger partial charge >= 0.3 is 12.1 Å². The molecule has 4 N–H and O–H groups in total. The van der Waals surface area contributed by atoms with Crippen molar-refractivity contribution in [2.45, 2.75) is 77.7 Å². The number of rotatable bonds is 11. The molecule has 3 aromatic rings. The van der Waals surface area contributed by atoms with Crippen LogP contribution >= 0.6 is 0 Å². The minimum absolute atomic E-state index is 0.0580. The van der Waals surface area contributed by atoms with Crippen LogP contribution in [0.3, 0.4) is 0 Å². The van der Waals surface area contributed by atoms with Gasteiger partial charge in [-0.3, -0.25) is 4.98 Å². The molecule has 2 aromatic heterocycles. The Morgan fingerprint density at radius 3 is 2.49 bits per heavy atom. The summed E-state index contributed by atoms with van der Waals surface area (Å²) in [6, 6.07) is 12.3. The first-order valence-electron chi connectivity index (χ1n) is 14.8. The Morgan fingerprint density at radius 1 is 1.07 bits per heavy atom. The molecule has 43 heavy (non-hydrogen) atoms. The van der Waals surface area contributed by atoms with E-state index in [4.69, 9.17) is 15.2 Å². The first kappa shape index (κ1) is 31.7. The highest BCUT2D eigenvalue weighted by Crippen LogP contribution is 2.33. The molecule has 11 heteroatoms. The predicted molar refractivity (Wildman–Crippen MR) is 166 cm³/mol. The molecule has 11 nitrogen and oxygen atoms in total. The molecular weight excluding hydrogens is 546 g/mol. The van der Waals surface area contributed by atoms with Crippen LogP contribution in [0.4, 0.5) is 16.4 Å². The summed E-state index contributed by atoms with van der Waals surface area (Å²) < 4.78 is 10.9. The summed E-state index contributed by atoms with van der Waals surface area (Å²) >= 11 is 0. The lowest BCUT2D eigenvalue weighted by molar-refractivity contribution is -0.156. The zero-order valence-corrected chi connectivity index (χ0v) is 25.5. The molecule has 0 saturated carbocycles. The average Bonchev–Trinajstić information content (AvgIpc) is 3.01. The van der Waals surface area contributed by atoms with Gasteiger partial charge in [-0.05, 0) is 57.2 Å². The number of nitrogens with two attached hydrogens (primary N) is 1. The predicted octanol–water partition coefficient (Wildman–Crippen LogP) is 4.33. The molecule has 1 aliphatic heterocycles. The number of amides is 1. The number of anilines is 2. The zero-order chi connectivity index (χ0) is 30.8. The lowest BCUT2D eigenvalue weighted by Gasteiger charge is -2.34. The van der Waals surface area contributed by atoms with Gasteiger partial charge in [0.2, 0.25) is 0 Å². The van der Waals surface area contributed by atoms with Gasteiger partial charge < -0.3 is 30.7 Å². The Bertz CT molecular complexity index is 1360. The molecular formula is C32H43N7O4. The number of esters is 1. The summed E-state index contributed by atoms with van der Waals surface area (Å²) in [6.45, 7) is 9.66. The van der Waals surface area contributed by atoms with E-state index in [2.05, 4.69) is 36.6 Å². The molecule has 0 spiro atoms. The van der Waals surface area contributed by atoms with Crippen molar-refractivity contribution in [1.29, 1.82) is 0 Å². The molecule has 0 radical (unpaired) electrons. The first-order valence-corrected chi connectivity index (χ1v) is 14.8. The maximum Gasteiger partial charge on any atom is 0.408 e. The highest BCUT2D eigenvalue weighted by Gasteiger charge is 2.29. The van der Waals surface area contributed by atoms with Crippen LogP contribution in [0.15, 0.2) is 55.0 Å². The van der Waals surface area contributed by atoms with Crippen LogP contribution in [0.25, 0.3) is 0 Å². The number of alkyl carbamates (subject to hydrolysis) is 1. The van der Waals surface area contributed by atoms with Crippen LogP contribution in [-0.2, 0) is 33.8 Å². The third kappa shape index (κ3) is 8.87. The van der Waals surface area contributed by atoms with Crippen LogP contribution in [0.5, 0.6) is 0 Å². The molecule has 1 saturated heterocycles. The van der Waals surface area contributed by atoms with Gasteiger partial charge in [0.15, 0.2) is 0 Å². The largest absolute Gasteiger partial charge is 0.458 e. The molecule has 0 unspecified atom stereocenters. The summed E-state index contributed by atoms with van der Waals surface area (Å²) in [4.78, 5) is 41.7. The van der Waals surface area contributed by atoms with Gasteiger partial charge in [0.05, 0.1) is 0 Å². The number of hydrogen-bond donors (Lipinski definition) is 3. The van der Waals surface area contributed by atoms with Gasteiger partial charge in [0.25, 0.3) is 0 Å². The fourth-order valence-electron chi connectivity index (χ4n) is 5.18. The number of carbonyl (C=O) groups is 2. The summed E-state index contributed by atoms with van der Waals surface area (Å²) in [7, 11) is 0. The lowest BCUT2D eigenvalue weighted by Crippen LogP contribution is -2.48. The van der Waals surface area contributed by atoms with E-state index in [1.807, 2.05) is 49.5 Å². The topological polar surface area (TPSA) is 145 Å². The highest BCUT2D eigenvalue weighted by molar-refractivity contribution is 5.82. The monoisotopic (exact) mass is 589 g/mol. The molecule has 0 aliphatic carbocycles. The number of benzene rings is 1. The van der Waals surface area contributed by atoms with Crippen LogP contribution in [0.1, 0.15) is 68.8 Å². The standard InChI is InChI=1S/C32H43N7O4/c1-5-25-28(36-21-37-29(25)39-16-13-23(14-17-39)27-24(18-33)12-9-15-34-27)35-19-26(30(40)43-32(2,3)4)38-31(41)42-20-22-10-7-6-8-11-22/h6-12,15,21,23,26H,5,13-14,16-20,33H2,1-4H3,(H,38,41)(H,35,36,37)/t26-/m0/s1. The van der Waals surface area contributed by atoms with E-state index in [-0.39, 0.29) is 13.2 Å². The van der Waals surface area contributed by atoms with Gasteiger partial charge in [0.1, 0.15) is 36.2 Å². The third-order valence-electron chi connectivity index (χ3n) is 7.27. The minimum atomic E-state index is -1.00. The number of piperidine rings is 1. The van der Waals surface area contributed by atoms with E-state index in [0.29, 0.717) is 24.7 Å². The number of ether oxygens (including phenoxy) is 2. The normalized spacial score (nSPS) is 14.6. The molecule has 1 aliphatic rings. The number of nitrogens with zero attached hydrogens (tertiary/aromatic N) is 4. The summed E-state index contributed by atoms with van der Waals surface area (Å²) in [5.41, 5.74) is 9.20. The maximum absolute atomic E-state index is 13.1. The van der Waals surface area contributed by atoms with Crippen LogP contribution in [-0.4, -0.2) is 58.3 Å². The quantitative estimate of drug-likeness (QED) is 0.277. The van der Waals surface area contributed by atoms with Crippen molar-refractivity contribution in [3.8, 4) is 0 Å². The lowest BCUT2D eigenvalue weighted by atomic mass is 9.90. The molecule has 1 aromatic carbocycles. The molecule has 1 amide bonds. The van der Waals surface area contributed by atoms with Crippen LogP contribution in [0.2, 0.25) is 0 Å². The fourth-order valence-corrected chi connectivity index (χ4v) is 5.18. The molecule has 230 valence electrons. The molecule has 1 fully saturated rings. The van der Waals surface area contributed by atoms with E-state index < -0.39 is 23.7 Å². The van der Waals surface area contributed by atoms with Crippen molar-refractivity contribution in [2.24, 2.45) is 5.73 Å². The third-order valence-corrected chi connectivity index (χ3v) is 7.27. The average molecular weight is 590 g/mol. The minimum Gasteiger partial charge on any atom is -0.458 e. The van der Waals surface area contributed by atoms with Gasteiger partial charge in [-0.1, -0.05) is 43.3 Å². The Morgan fingerprint density at radius 2 is 1.81 bits per heavy atom. The molecule has 1 atom stereocenters. The molecule has 0 bridgehead atoms. The molecule has 4 rings (SSSR count). The van der Waals surface area contributed by atoms with E-state index in [1.165, 1.54) is 6.33 Å². The Labute approximate surface area is 253 Å². The number of hydrogen-bond acceptors (Lipinski definition) is 10. The Kier molecular flexibility index (Phi) is 10.9. The van der Waals surface area contributed by atoms with Crippen molar-refractivity contribution >= 4 is 23.7 Å². The van der Waals surface area contributed by atoms with E-state index in [0.717, 1.165) is 54.1 Å². The van der Waals surface area contributed by atoms with Crippen molar-refractivity contribution < 1.29 is 19.1 Å². The van der Waals surface area contributed by atoms with Gasteiger partial charge in [0, 0.05) is 49.6 Å². The maximum atomic E-state index is 13.1. The fraction of sp³-hybridized carbons (Fsp3) is 0.469. The second-order valence-electron chi connectivity index (χ2n) is 11.6. The zero-order valence-electron chi connectivity index (χ0n) is 25.5. The van der Waals surface area contributed by atoms with Gasteiger partial charge in [-0.2, -0.15) is 0 Å². The SMILES string of the molecule is CCc1c(NC[C@H](NC(=O)OCc2ccccc2)C(=O)OC(C)(C)C)ncnc1N1CCC(c2ncccc2CN)CC1. The molecule has 3 heterocycles. The van der Waals surface area contributed by atoms with Crippen molar-refractivity contribution in [2.75, 3.05) is 29.9 Å². The van der Waals surface area contributed by atoms with Crippen molar-refractivity contribution in [3.63, 3.8) is 0 Å². The van der Waals surface area contributed by atoms with Gasteiger partial charge in [-0.25, -0.2) is 19.6 Å². The van der Waals surface area contributed by atoms with Gasteiger partial charge in [-0.15, -0.1) is 0 Å². The second kappa shape index (κ2) is 14.8. The summed E-state index contributed by atoms with van der Waals surface area (Å²) in [5.74, 6) is 1.25.